The zero-order valence-corrected chi connectivity index (χ0v) is 12.5. The molecule has 2 atom stereocenters. The van der Waals surface area contributed by atoms with Crippen LogP contribution in [-0.4, -0.2) is 36.5 Å². The Morgan fingerprint density at radius 3 is 2.86 bits per heavy atom. The van der Waals surface area contributed by atoms with Crippen LogP contribution in [0.15, 0.2) is 18.2 Å². The molecule has 1 N–H and O–H groups in total. The number of amides is 1. The predicted molar refractivity (Wildman–Crippen MR) is 78.1 cm³/mol. The van der Waals surface area contributed by atoms with Gasteiger partial charge in [-0.1, -0.05) is 13.8 Å². The molecule has 0 aromatic heterocycles. The van der Waals surface area contributed by atoms with Gasteiger partial charge in [-0.3, -0.25) is 4.79 Å². The van der Waals surface area contributed by atoms with Gasteiger partial charge in [-0.15, -0.1) is 0 Å². The number of likely N-dealkylation sites (tertiary alicyclic amines) is 1. The number of hydrogen-bond donors (Lipinski definition) is 1. The quantitative estimate of drug-likeness (QED) is 0.926. The first-order valence-electron chi connectivity index (χ1n) is 7.50. The van der Waals surface area contributed by atoms with Crippen LogP contribution in [-0.2, 0) is 0 Å². The first kappa shape index (κ1) is 15.9. The van der Waals surface area contributed by atoms with Crippen molar-refractivity contribution in [3.05, 3.63) is 35.4 Å². The zero-order chi connectivity index (χ0) is 15.4. The lowest BCUT2D eigenvalue weighted by atomic mass is 9.93. The molecule has 1 aromatic rings. The lowest BCUT2D eigenvalue weighted by Crippen LogP contribution is -2.50. The van der Waals surface area contributed by atoms with Crippen molar-refractivity contribution in [1.82, 2.24) is 10.2 Å². The van der Waals surface area contributed by atoms with Gasteiger partial charge in [0.25, 0.3) is 5.91 Å². The van der Waals surface area contributed by atoms with E-state index in [-0.39, 0.29) is 5.56 Å². The van der Waals surface area contributed by atoms with E-state index >= 15 is 0 Å². The second-order valence-electron chi connectivity index (χ2n) is 5.70. The minimum atomic E-state index is -0.666. The summed E-state index contributed by atoms with van der Waals surface area (Å²) in [5.74, 6) is -1.38. The molecule has 2 rings (SSSR count). The molecule has 1 fully saturated rings. The van der Waals surface area contributed by atoms with Crippen molar-refractivity contribution in [3.63, 3.8) is 0 Å². The molecule has 116 valence electrons. The van der Waals surface area contributed by atoms with Gasteiger partial charge in [-0.2, -0.15) is 0 Å². The van der Waals surface area contributed by atoms with Crippen molar-refractivity contribution >= 4 is 5.91 Å². The summed E-state index contributed by atoms with van der Waals surface area (Å²) in [5, 5.41) is 3.47. The first-order chi connectivity index (χ1) is 10.0. The Bertz CT molecular complexity index is 507. The van der Waals surface area contributed by atoms with Crippen molar-refractivity contribution in [1.29, 1.82) is 0 Å². The third-order valence-corrected chi connectivity index (χ3v) is 4.01. The fraction of sp³-hybridized carbons (Fsp3) is 0.562. The largest absolute Gasteiger partial charge is 0.338 e. The molecule has 2 unspecified atom stereocenters. The highest BCUT2D eigenvalue weighted by atomic mass is 19.1. The number of carbonyl (C=O) groups is 1. The van der Waals surface area contributed by atoms with Crippen LogP contribution in [0.4, 0.5) is 8.78 Å². The molecule has 3 nitrogen and oxygen atoms in total. The Balaban J connectivity index is 2.03. The molecule has 0 bridgehead atoms. The van der Waals surface area contributed by atoms with Gasteiger partial charge in [0.1, 0.15) is 11.6 Å². The standard InChI is InChI=1S/C16H22F2N2O/c1-3-7-19-15-6-8-20(10-11(15)2)16(21)13-9-12(17)4-5-14(13)18/h4-5,9,11,15,19H,3,6-8,10H2,1-2H3. The number of halogens is 2. The number of hydrogen-bond acceptors (Lipinski definition) is 2. The van der Waals surface area contributed by atoms with Crippen LogP contribution in [0.3, 0.4) is 0 Å². The summed E-state index contributed by atoms with van der Waals surface area (Å²) in [6.45, 7) is 6.29. The smallest absolute Gasteiger partial charge is 0.256 e. The van der Waals surface area contributed by atoms with E-state index in [1.54, 1.807) is 4.90 Å². The number of nitrogens with zero attached hydrogens (tertiary/aromatic N) is 1. The average molecular weight is 296 g/mol. The van der Waals surface area contributed by atoms with E-state index in [2.05, 4.69) is 19.2 Å². The zero-order valence-electron chi connectivity index (χ0n) is 12.5. The number of carbonyl (C=O) groups excluding carboxylic acids is 1. The van der Waals surface area contributed by atoms with E-state index in [0.29, 0.717) is 25.0 Å². The van der Waals surface area contributed by atoms with E-state index in [1.807, 2.05) is 0 Å². The van der Waals surface area contributed by atoms with Gasteiger partial charge in [0.05, 0.1) is 5.56 Å². The third kappa shape index (κ3) is 3.79. The highest BCUT2D eigenvalue weighted by molar-refractivity contribution is 5.94. The summed E-state index contributed by atoms with van der Waals surface area (Å²) in [6.07, 6.45) is 1.91. The number of piperidine rings is 1. The van der Waals surface area contributed by atoms with Crippen molar-refractivity contribution < 1.29 is 13.6 Å². The van der Waals surface area contributed by atoms with Crippen molar-refractivity contribution in [2.24, 2.45) is 5.92 Å². The number of benzene rings is 1. The van der Waals surface area contributed by atoms with Crippen molar-refractivity contribution in [2.45, 2.75) is 32.7 Å². The molecule has 0 radical (unpaired) electrons. The lowest BCUT2D eigenvalue weighted by molar-refractivity contribution is 0.0640. The molecule has 1 aliphatic rings. The van der Waals surface area contributed by atoms with Gasteiger partial charge in [0.2, 0.25) is 0 Å². The predicted octanol–water partition coefficient (Wildman–Crippen LogP) is 2.82. The maximum Gasteiger partial charge on any atom is 0.256 e. The first-order valence-corrected chi connectivity index (χ1v) is 7.50. The Morgan fingerprint density at radius 1 is 1.43 bits per heavy atom. The maximum absolute atomic E-state index is 13.7. The normalized spacial score (nSPS) is 22.4. The summed E-state index contributed by atoms with van der Waals surface area (Å²) in [6, 6.07) is 3.38. The fourth-order valence-electron chi connectivity index (χ4n) is 2.79. The highest BCUT2D eigenvalue weighted by Gasteiger charge is 2.29. The summed E-state index contributed by atoms with van der Waals surface area (Å²) >= 11 is 0. The average Bonchev–Trinajstić information content (AvgIpc) is 2.47. The van der Waals surface area contributed by atoms with Crippen molar-refractivity contribution in [3.8, 4) is 0 Å². The molecule has 5 heteroatoms. The van der Waals surface area contributed by atoms with E-state index in [9.17, 15) is 13.6 Å². The third-order valence-electron chi connectivity index (χ3n) is 4.01. The highest BCUT2D eigenvalue weighted by Crippen LogP contribution is 2.20. The number of rotatable bonds is 4. The molecule has 1 amide bonds. The van der Waals surface area contributed by atoms with E-state index in [1.165, 1.54) is 0 Å². The fourth-order valence-corrected chi connectivity index (χ4v) is 2.79. The Kier molecular flexibility index (Phi) is 5.28. The molecule has 1 saturated heterocycles. The summed E-state index contributed by atoms with van der Waals surface area (Å²) in [7, 11) is 0. The molecule has 0 spiro atoms. The summed E-state index contributed by atoms with van der Waals surface area (Å²) in [4.78, 5) is 14.0. The Labute approximate surface area is 124 Å². The van der Waals surface area contributed by atoms with Gasteiger partial charge in [-0.25, -0.2) is 8.78 Å². The monoisotopic (exact) mass is 296 g/mol. The van der Waals surface area contributed by atoms with Crippen LogP contribution in [0.2, 0.25) is 0 Å². The molecular formula is C16H22F2N2O. The second-order valence-corrected chi connectivity index (χ2v) is 5.70. The minimum Gasteiger partial charge on any atom is -0.338 e. The van der Waals surface area contributed by atoms with Crippen LogP contribution >= 0.6 is 0 Å². The SMILES string of the molecule is CCCNC1CCN(C(=O)c2cc(F)ccc2F)CC1C. The van der Waals surface area contributed by atoms with Gasteiger partial charge in [0.15, 0.2) is 0 Å². The molecule has 1 aliphatic heterocycles. The molecule has 21 heavy (non-hydrogen) atoms. The van der Waals surface area contributed by atoms with E-state index in [0.717, 1.165) is 37.6 Å². The lowest BCUT2D eigenvalue weighted by Gasteiger charge is -2.37. The van der Waals surface area contributed by atoms with Crippen LogP contribution in [0.1, 0.15) is 37.0 Å². The summed E-state index contributed by atoms with van der Waals surface area (Å²) < 4.78 is 26.9. The molecular weight excluding hydrogens is 274 g/mol. The Morgan fingerprint density at radius 2 is 2.19 bits per heavy atom. The van der Waals surface area contributed by atoms with Gasteiger partial charge in [-0.05, 0) is 43.5 Å². The van der Waals surface area contributed by atoms with Crippen LogP contribution in [0, 0.1) is 17.6 Å². The van der Waals surface area contributed by atoms with Crippen LogP contribution in [0.25, 0.3) is 0 Å². The molecule has 1 aromatic carbocycles. The molecule has 0 saturated carbocycles. The van der Waals surface area contributed by atoms with Gasteiger partial charge >= 0.3 is 0 Å². The summed E-state index contributed by atoms with van der Waals surface area (Å²) in [5.41, 5.74) is -0.179. The van der Waals surface area contributed by atoms with E-state index < -0.39 is 17.5 Å². The minimum absolute atomic E-state index is 0.179. The molecule has 0 aliphatic carbocycles. The molecule has 1 heterocycles. The Hall–Kier alpha value is -1.49. The van der Waals surface area contributed by atoms with Crippen LogP contribution < -0.4 is 5.32 Å². The van der Waals surface area contributed by atoms with Gasteiger partial charge < -0.3 is 10.2 Å². The second kappa shape index (κ2) is 6.98. The van der Waals surface area contributed by atoms with E-state index in [4.69, 9.17) is 0 Å². The van der Waals surface area contributed by atoms with Gasteiger partial charge in [0, 0.05) is 19.1 Å². The van der Waals surface area contributed by atoms with Crippen LogP contribution in [0.5, 0.6) is 0 Å². The van der Waals surface area contributed by atoms with Crippen molar-refractivity contribution in [2.75, 3.05) is 19.6 Å². The maximum atomic E-state index is 13.7. The topological polar surface area (TPSA) is 32.3 Å². The number of nitrogens with one attached hydrogen (secondary N) is 1.